The second-order valence-electron chi connectivity index (χ2n) is 8.22. The fourth-order valence-corrected chi connectivity index (χ4v) is 3.79. The maximum atomic E-state index is 13.2. The van der Waals surface area contributed by atoms with Crippen LogP contribution >= 0.6 is 0 Å². The highest BCUT2D eigenvalue weighted by atomic mass is 16.5. The maximum absolute atomic E-state index is 13.2. The summed E-state index contributed by atoms with van der Waals surface area (Å²) in [5.74, 6) is 1.000. The molecule has 0 aliphatic carbocycles. The molecule has 3 aromatic carbocycles. The zero-order valence-electron chi connectivity index (χ0n) is 21.6. The van der Waals surface area contributed by atoms with Crippen LogP contribution in [0.3, 0.4) is 0 Å². The van der Waals surface area contributed by atoms with E-state index < -0.39 is 11.9 Å². The van der Waals surface area contributed by atoms with Gasteiger partial charge in [0.2, 0.25) is 0 Å². The van der Waals surface area contributed by atoms with Gasteiger partial charge < -0.3 is 29.0 Å². The molecular weight excluding hydrogens is 462 g/mol. The van der Waals surface area contributed by atoms with Crippen molar-refractivity contribution in [2.24, 2.45) is 0 Å². The molecule has 190 valence electrons. The lowest BCUT2D eigenvalue weighted by Gasteiger charge is -2.16. The number of hydrogen-bond donors (Lipinski definition) is 1. The average Bonchev–Trinajstić information content (AvgIpc) is 2.88. The molecule has 0 fully saturated rings. The van der Waals surface area contributed by atoms with Gasteiger partial charge in [-0.3, -0.25) is 4.79 Å². The van der Waals surface area contributed by atoms with Crippen LogP contribution in [-0.4, -0.2) is 40.3 Å². The van der Waals surface area contributed by atoms with E-state index in [1.165, 1.54) is 33.5 Å². The number of ether oxygens (including phenoxy) is 5. The fourth-order valence-electron chi connectivity index (χ4n) is 3.79. The quantitative estimate of drug-likeness (QED) is 0.407. The molecule has 0 heterocycles. The molecule has 0 saturated heterocycles. The number of hydrogen-bond acceptors (Lipinski definition) is 7. The molecule has 0 aromatic heterocycles. The number of nitrogens with one attached hydrogen (secondary N) is 1. The fraction of sp³-hybridized carbons (Fsp3) is 0.286. The molecule has 1 N–H and O–H groups in total. The summed E-state index contributed by atoms with van der Waals surface area (Å²) in [4.78, 5) is 25.5. The van der Waals surface area contributed by atoms with E-state index in [2.05, 4.69) is 11.4 Å². The van der Waals surface area contributed by atoms with Gasteiger partial charge in [0, 0.05) is 23.3 Å². The van der Waals surface area contributed by atoms with E-state index in [0.717, 1.165) is 22.4 Å². The van der Waals surface area contributed by atoms with Crippen molar-refractivity contribution in [3.63, 3.8) is 0 Å². The first kappa shape index (κ1) is 26.4. The number of benzene rings is 3. The SMILES string of the molecule is COC(=O)c1cc(OC)c(OC)cc1NC(=O)c1ccc(OC)c(COc2cc(C)cc(C)c2C)c1. The third-order valence-electron chi connectivity index (χ3n) is 5.87. The summed E-state index contributed by atoms with van der Waals surface area (Å²) in [6.07, 6.45) is 0. The van der Waals surface area contributed by atoms with Crippen LogP contribution < -0.4 is 24.3 Å². The van der Waals surface area contributed by atoms with E-state index in [-0.39, 0.29) is 17.9 Å². The van der Waals surface area contributed by atoms with Gasteiger partial charge in [-0.25, -0.2) is 4.79 Å². The van der Waals surface area contributed by atoms with E-state index >= 15 is 0 Å². The number of carbonyl (C=O) groups excluding carboxylic acids is 2. The number of rotatable bonds is 9. The van der Waals surface area contributed by atoms with Crippen molar-refractivity contribution in [1.82, 2.24) is 0 Å². The van der Waals surface area contributed by atoms with E-state index in [9.17, 15) is 9.59 Å². The Balaban J connectivity index is 1.91. The monoisotopic (exact) mass is 493 g/mol. The normalized spacial score (nSPS) is 10.4. The number of carbonyl (C=O) groups is 2. The van der Waals surface area contributed by atoms with Gasteiger partial charge in [-0.05, 0) is 61.7 Å². The standard InChI is InChI=1S/C28H31NO7/c1-16-10-17(2)18(3)24(11-16)36-15-20-12-19(8-9-23(20)32-4)27(30)29-22-14-26(34-6)25(33-5)13-21(22)28(31)35-7/h8-14H,15H2,1-7H3,(H,29,30). The highest BCUT2D eigenvalue weighted by Crippen LogP contribution is 2.34. The predicted molar refractivity (Wildman–Crippen MR) is 137 cm³/mol. The van der Waals surface area contributed by atoms with Gasteiger partial charge in [-0.2, -0.15) is 0 Å². The van der Waals surface area contributed by atoms with Gasteiger partial charge in [0.15, 0.2) is 11.5 Å². The minimum Gasteiger partial charge on any atom is -0.496 e. The predicted octanol–water partition coefficient (Wildman–Crippen LogP) is 5.26. The van der Waals surface area contributed by atoms with Gasteiger partial charge in [-0.15, -0.1) is 0 Å². The van der Waals surface area contributed by atoms with Gasteiger partial charge >= 0.3 is 5.97 Å². The molecule has 0 aliphatic rings. The summed E-state index contributed by atoms with van der Waals surface area (Å²) in [6.45, 7) is 6.27. The van der Waals surface area contributed by atoms with Crippen molar-refractivity contribution in [3.05, 3.63) is 75.8 Å². The largest absolute Gasteiger partial charge is 0.496 e. The Morgan fingerprint density at radius 2 is 1.44 bits per heavy atom. The van der Waals surface area contributed by atoms with E-state index in [1.807, 2.05) is 26.8 Å². The molecule has 8 heteroatoms. The summed E-state index contributed by atoms with van der Waals surface area (Å²) < 4.78 is 27.0. The van der Waals surface area contributed by atoms with Gasteiger partial charge in [0.25, 0.3) is 5.91 Å². The Labute approximate surface area is 211 Å². The summed E-state index contributed by atoms with van der Waals surface area (Å²) in [7, 11) is 5.75. The number of anilines is 1. The van der Waals surface area contributed by atoms with Crippen LogP contribution in [0.15, 0.2) is 42.5 Å². The van der Waals surface area contributed by atoms with E-state index in [0.29, 0.717) is 28.4 Å². The maximum Gasteiger partial charge on any atom is 0.340 e. The van der Waals surface area contributed by atoms with Gasteiger partial charge in [-0.1, -0.05) is 6.07 Å². The number of esters is 1. The smallest absolute Gasteiger partial charge is 0.340 e. The Kier molecular flexibility index (Phi) is 8.42. The first-order valence-corrected chi connectivity index (χ1v) is 11.3. The zero-order valence-corrected chi connectivity index (χ0v) is 21.6. The molecule has 3 aromatic rings. The molecule has 0 spiro atoms. The number of aryl methyl sites for hydroxylation is 2. The summed E-state index contributed by atoms with van der Waals surface area (Å²) in [5.41, 5.74) is 4.71. The molecule has 8 nitrogen and oxygen atoms in total. The Bertz CT molecular complexity index is 1280. The van der Waals surface area contributed by atoms with Crippen molar-refractivity contribution >= 4 is 17.6 Å². The first-order valence-electron chi connectivity index (χ1n) is 11.3. The van der Waals surface area contributed by atoms with Crippen LogP contribution in [0.4, 0.5) is 5.69 Å². The second-order valence-corrected chi connectivity index (χ2v) is 8.22. The van der Waals surface area contributed by atoms with Gasteiger partial charge in [0.1, 0.15) is 18.1 Å². The molecule has 0 radical (unpaired) electrons. The minimum absolute atomic E-state index is 0.130. The van der Waals surface area contributed by atoms with Crippen molar-refractivity contribution < 1.29 is 33.3 Å². The lowest BCUT2D eigenvalue weighted by molar-refractivity contribution is 0.0601. The Hall–Kier alpha value is -4.20. The summed E-state index contributed by atoms with van der Waals surface area (Å²) in [6, 6.07) is 12.1. The summed E-state index contributed by atoms with van der Waals surface area (Å²) >= 11 is 0. The zero-order chi connectivity index (χ0) is 26.4. The Morgan fingerprint density at radius 3 is 2.08 bits per heavy atom. The lowest BCUT2D eigenvalue weighted by atomic mass is 10.1. The highest BCUT2D eigenvalue weighted by Gasteiger charge is 2.20. The van der Waals surface area contributed by atoms with E-state index in [4.69, 9.17) is 23.7 Å². The van der Waals surface area contributed by atoms with Crippen LogP contribution in [0.5, 0.6) is 23.0 Å². The molecule has 0 unspecified atom stereocenters. The van der Waals surface area contributed by atoms with Crippen LogP contribution in [0.25, 0.3) is 0 Å². The van der Waals surface area contributed by atoms with Crippen LogP contribution in [0.1, 0.15) is 43.0 Å². The van der Waals surface area contributed by atoms with Crippen LogP contribution in [0, 0.1) is 20.8 Å². The third kappa shape index (κ3) is 5.71. The highest BCUT2D eigenvalue weighted by molar-refractivity contribution is 6.08. The van der Waals surface area contributed by atoms with Crippen molar-refractivity contribution in [2.75, 3.05) is 33.8 Å². The molecule has 0 bridgehead atoms. The molecule has 3 rings (SSSR count). The number of amides is 1. The molecule has 0 atom stereocenters. The van der Waals surface area contributed by atoms with Crippen LogP contribution in [-0.2, 0) is 11.3 Å². The Morgan fingerprint density at radius 1 is 0.778 bits per heavy atom. The topological polar surface area (TPSA) is 92.3 Å². The number of methoxy groups -OCH3 is 4. The molecular formula is C28H31NO7. The minimum atomic E-state index is -0.626. The summed E-state index contributed by atoms with van der Waals surface area (Å²) in [5, 5.41) is 2.77. The van der Waals surface area contributed by atoms with Crippen molar-refractivity contribution in [1.29, 1.82) is 0 Å². The van der Waals surface area contributed by atoms with E-state index in [1.54, 1.807) is 25.3 Å². The third-order valence-corrected chi connectivity index (χ3v) is 5.87. The molecule has 36 heavy (non-hydrogen) atoms. The van der Waals surface area contributed by atoms with Crippen molar-refractivity contribution in [3.8, 4) is 23.0 Å². The molecule has 0 aliphatic heterocycles. The molecule has 0 saturated carbocycles. The van der Waals surface area contributed by atoms with Crippen molar-refractivity contribution in [2.45, 2.75) is 27.4 Å². The van der Waals surface area contributed by atoms with Crippen LogP contribution in [0.2, 0.25) is 0 Å². The molecule has 1 amide bonds. The first-order chi connectivity index (χ1) is 17.2. The lowest BCUT2D eigenvalue weighted by Crippen LogP contribution is -2.16. The van der Waals surface area contributed by atoms with Gasteiger partial charge in [0.05, 0.1) is 39.7 Å². The average molecular weight is 494 g/mol. The second kappa shape index (κ2) is 11.5.